The molecule has 120 valence electrons. The van der Waals surface area contributed by atoms with E-state index in [2.05, 4.69) is 23.9 Å². The van der Waals surface area contributed by atoms with Crippen molar-refractivity contribution in [1.29, 1.82) is 0 Å². The number of thiazole rings is 1. The number of rotatable bonds is 5. The molecule has 0 bridgehead atoms. The van der Waals surface area contributed by atoms with Crippen LogP contribution in [0.25, 0.3) is 11.0 Å². The van der Waals surface area contributed by atoms with Gasteiger partial charge in [0, 0.05) is 0 Å². The lowest BCUT2D eigenvalue weighted by Crippen LogP contribution is -2.23. The van der Waals surface area contributed by atoms with E-state index in [1.807, 2.05) is 18.2 Å². The van der Waals surface area contributed by atoms with Crippen molar-refractivity contribution in [2.45, 2.75) is 13.8 Å². The van der Waals surface area contributed by atoms with Gasteiger partial charge in [-0.25, -0.2) is 4.98 Å². The van der Waals surface area contributed by atoms with Crippen LogP contribution < -0.4 is 19.6 Å². The second-order valence-corrected chi connectivity index (χ2v) is 6.49. The summed E-state index contributed by atoms with van der Waals surface area (Å²) in [5, 5.41) is 3.91. The van der Waals surface area contributed by atoms with Crippen LogP contribution in [0.4, 0.5) is 0 Å². The van der Waals surface area contributed by atoms with Gasteiger partial charge >= 0.3 is 0 Å². The van der Waals surface area contributed by atoms with Gasteiger partial charge in [-0.3, -0.25) is 4.79 Å². The molecular formula is C16H17N3O3S. The van der Waals surface area contributed by atoms with Crippen LogP contribution in [0.2, 0.25) is 0 Å². The molecular weight excluding hydrogens is 314 g/mol. The molecule has 23 heavy (non-hydrogen) atoms. The molecule has 0 radical (unpaired) electrons. The summed E-state index contributed by atoms with van der Waals surface area (Å²) < 4.78 is 13.0. The van der Waals surface area contributed by atoms with Gasteiger partial charge < -0.3 is 9.47 Å². The normalized spacial score (nSPS) is 12.3. The minimum Gasteiger partial charge on any atom is -0.493 e. The summed E-state index contributed by atoms with van der Waals surface area (Å²) in [7, 11) is 1.60. The lowest BCUT2D eigenvalue weighted by molar-refractivity contribution is 0.257. The number of hydrogen-bond acceptors (Lipinski definition) is 6. The zero-order chi connectivity index (χ0) is 16.4. The monoisotopic (exact) mass is 331 g/mol. The highest BCUT2D eigenvalue weighted by atomic mass is 32.1. The van der Waals surface area contributed by atoms with Gasteiger partial charge in [-0.1, -0.05) is 31.3 Å². The van der Waals surface area contributed by atoms with Gasteiger partial charge in [0.2, 0.25) is 4.96 Å². The minimum atomic E-state index is -0.165. The van der Waals surface area contributed by atoms with E-state index in [0.717, 1.165) is 5.56 Å². The SMILES string of the molecule is COc1cc(/C=c2/sc3ncnn3c2=O)ccc1OCC(C)C. The average Bonchev–Trinajstić information content (AvgIpc) is 3.10. The fraction of sp³-hybridized carbons (Fsp3) is 0.312. The first-order valence-corrected chi connectivity index (χ1v) is 8.05. The number of fused-ring (bicyclic) bond motifs is 1. The summed E-state index contributed by atoms with van der Waals surface area (Å²) in [5.41, 5.74) is 0.696. The maximum Gasteiger partial charge on any atom is 0.291 e. The Morgan fingerprint density at radius 1 is 1.35 bits per heavy atom. The molecule has 0 fully saturated rings. The van der Waals surface area contributed by atoms with Gasteiger partial charge in [0.25, 0.3) is 5.56 Å². The van der Waals surface area contributed by atoms with Gasteiger partial charge in [0.05, 0.1) is 18.2 Å². The number of ether oxygens (including phenoxy) is 2. The Balaban J connectivity index is 1.97. The Labute approximate surface area is 137 Å². The fourth-order valence-corrected chi connectivity index (χ4v) is 2.96. The highest BCUT2D eigenvalue weighted by molar-refractivity contribution is 7.15. The molecule has 0 unspecified atom stereocenters. The van der Waals surface area contributed by atoms with E-state index in [9.17, 15) is 4.79 Å². The second-order valence-electron chi connectivity index (χ2n) is 5.49. The Kier molecular flexibility index (Phi) is 4.29. The molecule has 0 saturated heterocycles. The number of aromatic nitrogens is 3. The van der Waals surface area contributed by atoms with Crippen LogP contribution in [0.5, 0.6) is 11.5 Å². The summed E-state index contributed by atoms with van der Waals surface area (Å²) >= 11 is 1.31. The highest BCUT2D eigenvalue weighted by Gasteiger charge is 2.08. The zero-order valence-electron chi connectivity index (χ0n) is 13.1. The smallest absolute Gasteiger partial charge is 0.291 e. The number of hydrogen-bond donors (Lipinski definition) is 0. The average molecular weight is 331 g/mol. The predicted molar refractivity (Wildman–Crippen MR) is 89.2 cm³/mol. The summed E-state index contributed by atoms with van der Waals surface area (Å²) in [5.74, 6) is 1.78. The molecule has 0 saturated carbocycles. The second kappa shape index (κ2) is 6.37. The summed E-state index contributed by atoms with van der Waals surface area (Å²) in [6.45, 7) is 4.80. The van der Waals surface area contributed by atoms with Gasteiger partial charge in [-0.15, -0.1) is 0 Å². The lowest BCUT2D eigenvalue weighted by Gasteiger charge is -2.12. The van der Waals surface area contributed by atoms with Crippen LogP contribution in [0.3, 0.4) is 0 Å². The quantitative estimate of drug-likeness (QED) is 0.712. The van der Waals surface area contributed by atoms with E-state index in [0.29, 0.717) is 33.5 Å². The minimum absolute atomic E-state index is 0.165. The summed E-state index contributed by atoms with van der Waals surface area (Å²) in [6.07, 6.45) is 3.18. The number of methoxy groups -OCH3 is 1. The van der Waals surface area contributed by atoms with Gasteiger partial charge in [0.15, 0.2) is 11.5 Å². The third-order valence-corrected chi connectivity index (χ3v) is 4.15. The number of nitrogens with zero attached hydrogens (tertiary/aromatic N) is 3. The van der Waals surface area contributed by atoms with E-state index in [-0.39, 0.29) is 5.56 Å². The fourth-order valence-electron chi connectivity index (χ4n) is 2.08. The van der Waals surface area contributed by atoms with Gasteiger partial charge in [0.1, 0.15) is 6.33 Å². The Bertz CT molecular complexity index is 930. The molecule has 0 N–H and O–H groups in total. The van der Waals surface area contributed by atoms with E-state index >= 15 is 0 Å². The molecule has 6 nitrogen and oxygen atoms in total. The summed E-state index contributed by atoms with van der Waals surface area (Å²) in [4.78, 5) is 16.8. The van der Waals surface area contributed by atoms with Crippen molar-refractivity contribution in [3.8, 4) is 11.5 Å². The van der Waals surface area contributed by atoms with Crippen molar-refractivity contribution in [3.63, 3.8) is 0 Å². The van der Waals surface area contributed by atoms with E-state index in [1.54, 1.807) is 13.2 Å². The van der Waals surface area contributed by atoms with Crippen LogP contribution in [-0.2, 0) is 0 Å². The Morgan fingerprint density at radius 2 is 2.17 bits per heavy atom. The molecule has 0 aliphatic heterocycles. The van der Waals surface area contributed by atoms with E-state index < -0.39 is 0 Å². The topological polar surface area (TPSA) is 65.7 Å². The zero-order valence-corrected chi connectivity index (χ0v) is 14.0. The largest absolute Gasteiger partial charge is 0.493 e. The summed E-state index contributed by atoms with van der Waals surface area (Å²) in [6, 6.07) is 5.60. The van der Waals surface area contributed by atoms with E-state index in [1.165, 1.54) is 22.2 Å². The third-order valence-electron chi connectivity index (χ3n) is 3.18. The first-order chi connectivity index (χ1) is 11.1. The first-order valence-electron chi connectivity index (χ1n) is 7.23. The molecule has 2 heterocycles. The molecule has 0 amide bonds. The molecule has 0 aliphatic rings. The van der Waals surface area contributed by atoms with Crippen LogP contribution >= 0.6 is 11.3 Å². The van der Waals surface area contributed by atoms with Crippen molar-refractivity contribution in [2.24, 2.45) is 5.92 Å². The lowest BCUT2D eigenvalue weighted by atomic mass is 10.2. The standard InChI is InChI=1S/C16H17N3O3S/c1-10(2)8-22-12-5-4-11(6-13(12)21-3)7-14-15(20)19-16(23-14)17-9-18-19/h4-7,9-10H,8H2,1-3H3/b14-7+. The third kappa shape index (κ3) is 3.19. The Hall–Kier alpha value is -2.41. The maximum atomic E-state index is 12.2. The first kappa shape index (κ1) is 15.5. The van der Waals surface area contributed by atoms with Crippen molar-refractivity contribution in [2.75, 3.05) is 13.7 Å². The predicted octanol–water partition coefficient (Wildman–Crippen LogP) is 1.74. The van der Waals surface area contributed by atoms with Gasteiger partial charge in [-0.2, -0.15) is 9.61 Å². The maximum absolute atomic E-state index is 12.2. The van der Waals surface area contributed by atoms with Crippen LogP contribution in [0.15, 0.2) is 29.3 Å². The van der Waals surface area contributed by atoms with Crippen LogP contribution in [0.1, 0.15) is 19.4 Å². The van der Waals surface area contributed by atoms with Crippen LogP contribution in [-0.4, -0.2) is 28.3 Å². The highest BCUT2D eigenvalue weighted by Crippen LogP contribution is 2.28. The molecule has 2 aromatic heterocycles. The molecule has 0 atom stereocenters. The van der Waals surface area contributed by atoms with Crippen molar-refractivity contribution < 1.29 is 9.47 Å². The number of benzene rings is 1. The van der Waals surface area contributed by atoms with E-state index in [4.69, 9.17) is 9.47 Å². The molecule has 0 spiro atoms. The molecule has 1 aromatic carbocycles. The van der Waals surface area contributed by atoms with Crippen LogP contribution in [0, 0.1) is 5.92 Å². The Morgan fingerprint density at radius 3 is 2.87 bits per heavy atom. The van der Waals surface area contributed by atoms with Crippen molar-refractivity contribution in [3.05, 3.63) is 45.0 Å². The molecule has 3 rings (SSSR count). The molecule has 7 heteroatoms. The molecule has 3 aromatic rings. The van der Waals surface area contributed by atoms with Crippen molar-refractivity contribution in [1.82, 2.24) is 14.6 Å². The molecule has 0 aliphatic carbocycles. The van der Waals surface area contributed by atoms with Gasteiger partial charge in [-0.05, 0) is 29.7 Å². The van der Waals surface area contributed by atoms with Crippen molar-refractivity contribution >= 4 is 22.4 Å².